The lowest BCUT2D eigenvalue weighted by molar-refractivity contribution is -0.0569. The van der Waals surface area contributed by atoms with Crippen LogP contribution in [-0.4, -0.2) is 98.4 Å². The molecule has 3 N–H and O–H groups in total. The van der Waals surface area contributed by atoms with Gasteiger partial charge in [0.2, 0.25) is 0 Å². The molecule has 0 amide bonds. The normalized spacial score (nSPS) is 13.2. The number of hydrogen-bond acceptors (Lipinski definition) is 16. The maximum Gasteiger partial charge on any atom is 0.335 e. The van der Waals surface area contributed by atoms with Gasteiger partial charge in [-0.05, 0) is 88.8 Å². The van der Waals surface area contributed by atoms with Crippen molar-refractivity contribution >= 4 is 30.4 Å². The van der Waals surface area contributed by atoms with Crippen molar-refractivity contribution in [3.8, 4) is 0 Å². The summed E-state index contributed by atoms with van der Waals surface area (Å²) in [4.78, 5) is 1.68. The molecule has 0 spiro atoms. The molecule has 0 unspecified atom stereocenters. The average Bonchev–Trinajstić information content (AvgIpc) is 3.12. The predicted molar refractivity (Wildman–Crippen MR) is 224 cm³/mol. The van der Waals surface area contributed by atoms with Crippen molar-refractivity contribution in [2.75, 3.05) is 72.7 Å². The second-order valence-corrected chi connectivity index (χ2v) is 21.5. The quantitative estimate of drug-likeness (QED) is 0.0589. The third kappa shape index (κ3) is 16.6. The second-order valence-electron chi connectivity index (χ2n) is 13.3. The number of aliphatic hydroxyl groups is 3. The van der Waals surface area contributed by atoms with Crippen LogP contribution in [0.15, 0.2) is 36.4 Å². The summed E-state index contributed by atoms with van der Waals surface area (Å²) in [6.07, 6.45) is -0.448. The first-order chi connectivity index (χ1) is 27.5. The van der Waals surface area contributed by atoms with E-state index in [9.17, 15) is 33.6 Å². The summed E-state index contributed by atoms with van der Waals surface area (Å²) in [7, 11) is -14.5. The summed E-state index contributed by atoms with van der Waals surface area (Å²) in [5, 5.41) is 32.3. The summed E-state index contributed by atoms with van der Waals surface area (Å²) >= 11 is 0. The molecule has 2 aromatic rings. The van der Waals surface area contributed by atoms with Crippen LogP contribution >= 0.6 is 30.4 Å². The zero-order valence-electron chi connectivity index (χ0n) is 35.5. The van der Waals surface area contributed by atoms with Crippen molar-refractivity contribution in [1.82, 2.24) is 4.90 Å². The van der Waals surface area contributed by atoms with E-state index < -0.39 is 55.7 Å². The Labute approximate surface area is 345 Å². The fraction of sp³-hybridized carbons (Fsp3) is 0.684. The number of nitrogens with zero attached hydrogens (tertiary/aromatic N) is 1. The van der Waals surface area contributed by atoms with Crippen LogP contribution in [0.1, 0.15) is 88.8 Å². The van der Waals surface area contributed by atoms with E-state index in [0.29, 0.717) is 33.4 Å². The van der Waals surface area contributed by atoms with Crippen molar-refractivity contribution in [3.05, 3.63) is 69.8 Å². The third-order valence-corrected chi connectivity index (χ3v) is 16.9. The van der Waals surface area contributed by atoms with E-state index in [-0.39, 0.29) is 90.6 Å². The molecule has 0 bridgehead atoms. The van der Waals surface area contributed by atoms with Gasteiger partial charge in [0.1, 0.15) is 0 Å². The molecule has 0 radical (unpaired) electrons. The molecule has 16 nitrogen and oxygen atoms in total. The van der Waals surface area contributed by atoms with Gasteiger partial charge in [-0.3, -0.25) is 23.2 Å². The zero-order valence-corrected chi connectivity index (χ0v) is 39.0. The Morgan fingerprint density at radius 2 is 0.586 bits per heavy atom. The highest BCUT2D eigenvalue weighted by atomic mass is 31.2. The van der Waals surface area contributed by atoms with Crippen LogP contribution in [0.2, 0.25) is 0 Å². The van der Waals surface area contributed by atoms with E-state index >= 15 is 0 Å². The van der Waals surface area contributed by atoms with Crippen molar-refractivity contribution in [2.45, 2.75) is 98.7 Å². The first kappa shape index (κ1) is 53.0. The molecule has 0 aromatic heterocycles. The molecule has 0 saturated carbocycles. The van der Waals surface area contributed by atoms with Crippen LogP contribution in [0.5, 0.6) is 0 Å². The molecular formula is C38H67NO15P4. The van der Waals surface area contributed by atoms with Crippen LogP contribution in [0.25, 0.3) is 0 Å². The molecule has 0 fully saturated rings. The Kier molecular flexibility index (Phi) is 23.5. The summed E-state index contributed by atoms with van der Waals surface area (Å²) in [5.74, 6) is 0. The topological polar surface area (TPSA) is 206 Å². The molecule has 20 heteroatoms. The largest absolute Gasteiger partial charge is 0.394 e. The molecular weight excluding hydrogens is 834 g/mol. The van der Waals surface area contributed by atoms with Gasteiger partial charge >= 0.3 is 30.4 Å². The maximum atomic E-state index is 13.7. The molecule has 0 aliphatic carbocycles. The van der Waals surface area contributed by atoms with Crippen LogP contribution < -0.4 is 0 Å². The fourth-order valence-electron chi connectivity index (χ4n) is 6.49. The van der Waals surface area contributed by atoms with Gasteiger partial charge in [0.05, 0.1) is 103 Å². The lowest BCUT2D eigenvalue weighted by Crippen LogP contribution is -2.56. The molecule has 0 aliphatic rings. The number of aliphatic hydroxyl groups excluding tert-OH is 3. The lowest BCUT2D eigenvalue weighted by Gasteiger charge is -2.40. The highest BCUT2D eigenvalue weighted by Gasteiger charge is 2.37. The molecule has 0 atom stereocenters. The molecule has 0 aliphatic heterocycles. The minimum atomic E-state index is -3.61. The number of benzene rings is 2. The predicted octanol–water partition coefficient (Wildman–Crippen LogP) is 8.47. The van der Waals surface area contributed by atoms with E-state index in [1.165, 1.54) is 0 Å². The molecule has 2 aromatic carbocycles. The molecule has 0 heterocycles. The van der Waals surface area contributed by atoms with Gasteiger partial charge < -0.3 is 51.5 Å². The van der Waals surface area contributed by atoms with Crippen molar-refractivity contribution in [3.63, 3.8) is 0 Å². The van der Waals surface area contributed by atoms with E-state index in [2.05, 4.69) is 0 Å². The molecule has 58 heavy (non-hydrogen) atoms. The molecule has 334 valence electrons. The Hall–Kier alpha value is -1.12. The van der Waals surface area contributed by atoms with Crippen molar-refractivity contribution in [2.24, 2.45) is 0 Å². The van der Waals surface area contributed by atoms with Crippen LogP contribution in [-0.2, 0) is 92.2 Å². The van der Waals surface area contributed by atoms with Gasteiger partial charge in [-0.2, -0.15) is 0 Å². The monoisotopic (exact) mass is 901 g/mol. The Balaban J connectivity index is 2.86. The van der Waals surface area contributed by atoms with Crippen LogP contribution in [0, 0.1) is 0 Å². The van der Waals surface area contributed by atoms with Gasteiger partial charge in [0.25, 0.3) is 0 Å². The van der Waals surface area contributed by atoms with Gasteiger partial charge in [-0.25, -0.2) is 0 Å². The first-order valence-electron chi connectivity index (χ1n) is 19.9. The third-order valence-electron chi connectivity index (χ3n) is 8.64. The minimum absolute atomic E-state index is 0.00397. The zero-order chi connectivity index (χ0) is 43.5. The highest BCUT2D eigenvalue weighted by molar-refractivity contribution is 7.53. The van der Waals surface area contributed by atoms with Gasteiger partial charge in [-0.1, -0.05) is 36.4 Å². The van der Waals surface area contributed by atoms with Crippen LogP contribution in [0.4, 0.5) is 0 Å². The van der Waals surface area contributed by atoms with Crippen molar-refractivity contribution in [1.29, 1.82) is 0 Å². The van der Waals surface area contributed by atoms with Gasteiger partial charge in [-0.15, -0.1) is 0 Å². The smallest absolute Gasteiger partial charge is 0.335 e. The Morgan fingerprint density at radius 3 is 0.759 bits per heavy atom. The second kappa shape index (κ2) is 25.7. The van der Waals surface area contributed by atoms with E-state index in [0.717, 1.165) is 0 Å². The van der Waals surface area contributed by atoms with E-state index in [1.807, 2.05) is 0 Å². The first-order valence-corrected chi connectivity index (χ1v) is 26.8. The van der Waals surface area contributed by atoms with Crippen LogP contribution in [0.3, 0.4) is 0 Å². The minimum Gasteiger partial charge on any atom is -0.394 e. The number of hydrogen-bond donors (Lipinski definition) is 3. The molecule has 0 saturated heterocycles. The fourth-order valence-corrected chi connectivity index (χ4v) is 13.2. The molecule has 2 rings (SSSR count). The lowest BCUT2D eigenvalue weighted by atomic mass is 9.96. The SMILES string of the molecule is CCOP(=O)(Cc1cc(CN(Cc2cc(CP(=O)(OCC)OCC)cc(CP(=O)(OCC)OCC)c2)C(CO)(CO)CO)cc(CP(=O)(OCC)OCC)c1)OCC. The van der Waals surface area contributed by atoms with E-state index in [1.54, 1.807) is 96.7 Å². The standard InChI is InChI=1S/C38H67NO15P4/c1-9-47-55(43,48-10-2)25-34-17-32(18-35(21-34)26-56(44,49-11-3)50-12-4)23-39(38(29-40,30-41)31-42)24-33-19-36(27-57(45,51-13-5)52-14-6)22-37(20-33)28-58(46,53-15-7)54-16-8/h17-22,40-42H,9-16,23-31H2,1-8H3. The Morgan fingerprint density at radius 1 is 0.397 bits per heavy atom. The highest BCUT2D eigenvalue weighted by Crippen LogP contribution is 2.55. The van der Waals surface area contributed by atoms with E-state index in [4.69, 9.17) is 36.2 Å². The number of rotatable bonds is 32. The summed E-state index contributed by atoms with van der Waals surface area (Å²) in [6.45, 7) is 12.9. The average molecular weight is 902 g/mol. The summed E-state index contributed by atoms with van der Waals surface area (Å²) in [6, 6.07) is 10.6. The van der Waals surface area contributed by atoms with Crippen molar-refractivity contribution < 1.29 is 69.8 Å². The van der Waals surface area contributed by atoms with Gasteiger partial charge in [0, 0.05) is 13.1 Å². The summed E-state index contributed by atoms with van der Waals surface area (Å²) < 4.78 is 99.8. The Bertz CT molecular complexity index is 1460. The maximum absolute atomic E-state index is 13.7. The van der Waals surface area contributed by atoms with Gasteiger partial charge in [0.15, 0.2) is 0 Å². The summed E-state index contributed by atoms with van der Waals surface area (Å²) in [5.41, 5.74) is 1.73.